The summed E-state index contributed by atoms with van der Waals surface area (Å²) >= 11 is 0.979. The van der Waals surface area contributed by atoms with Crippen molar-refractivity contribution in [3.05, 3.63) is 18.2 Å². The zero-order valence-corrected chi connectivity index (χ0v) is 12.3. The molecule has 0 aromatic heterocycles. The van der Waals surface area contributed by atoms with Gasteiger partial charge in [-0.05, 0) is 32.4 Å². The van der Waals surface area contributed by atoms with E-state index < -0.39 is 15.6 Å². The highest BCUT2D eigenvalue weighted by Gasteiger charge is 2.29. The van der Waals surface area contributed by atoms with Crippen LogP contribution < -0.4 is 4.72 Å². The first-order valence-corrected chi connectivity index (χ1v) is 7.93. The molecule has 1 heterocycles. The molecule has 8 heteroatoms. The Hall–Kier alpha value is -1.09. The normalized spacial score (nSPS) is 14.3. The van der Waals surface area contributed by atoms with Crippen LogP contribution in [0.2, 0.25) is 0 Å². The summed E-state index contributed by atoms with van der Waals surface area (Å²) in [6.45, 7) is 3.36. The second kappa shape index (κ2) is 5.12. The maximum atomic E-state index is 12.4. The highest BCUT2D eigenvalue weighted by Crippen LogP contribution is 2.37. The van der Waals surface area contributed by atoms with Gasteiger partial charge in [-0.3, -0.25) is 0 Å². The molecule has 0 bridgehead atoms. The Morgan fingerprint density at radius 1 is 1.37 bits per heavy atom. The van der Waals surface area contributed by atoms with Gasteiger partial charge in [0.25, 0.3) is 0 Å². The molecule has 2 N–H and O–H groups in total. The average Bonchev–Trinajstić information content (AvgIpc) is 2.74. The van der Waals surface area contributed by atoms with Crippen molar-refractivity contribution in [2.24, 2.45) is 8.73 Å². The van der Waals surface area contributed by atoms with Gasteiger partial charge >= 0.3 is 0 Å². The van der Waals surface area contributed by atoms with E-state index in [9.17, 15) is 8.42 Å². The van der Waals surface area contributed by atoms with E-state index in [2.05, 4.69) is 13.4 Å². The summed E-state index contributed by atoms with van der Waals surface area (Å²) in [5, 5.41) is 8.95. The Morgan fingerprint density at radius 3 is 2.79 bits per heavy atom. The standard InChI is InChI=1S/C11H15N3O3S2/c1-11(2,6-7-15)14-19(16,17)9-5-3-4-8-10(9)13-18-12-8/h3-5,14-15H,6-7H2,1-2H3. The van der Waals surface area contributed by atoms with E-state index in [-0.39, 0.29) is 11.5 Å². The van der Waals surface area contributed by atoms with Crippen LogP contribution in [0, 0.1) is 0 Å². The number of rotatable bonds is 5. The lowest BCUT2D eigenvalue weighted by Gasteiger charge is -2.25. The Balaban J connectivity index is 2.37. The maximum Gasteiger partial charge on any atom is 0.243 e. The fourth-order valence-corrected chi connectivity index (χ4v) is 3.96. The molecule has 1 aromatic carbocycles. The third kappa shape index (κ3) is 3.08. The van der Waals surface area contributed by atoms with Crippen molar-refractivity contribution < 1.29 is 13.5 Å². The molecule has 0 spiro atoms. The number of fused-ring (bicyclic) bond motifs is 1. The minimum atomic E-state index is -3.69. The van der Waals surface area contributed by atoms with Crippen LogP contribution in [0.25, 0.3) is 0 Å². The lowest BCUT2D eigenvalue weighted by Crippen LogP contribution is -2.43. The fourth-order valence-electron chi connectivity index (χ4n) is 1.75. The lowest BCUT2D eigenvalue weighted by atomic mass is 10.0. The van der Waals surface area contributed by atoms with Crippen LogP contribution in [0.4, 0.5) is 11.4 Å². The van der Waals surface area contributed by atoms with Gasteiger partial charge in [-0.1, -0.05) is 6.07 Å². The van der Waals surface area contributed by atoms with Crippen LogP contribution in [-0.2, 0) is 21.4 Å². The van der Waals surface area contributed by atoms with Gasteiger partial charge in [0.2, 0.25) is 10.0 Å². The Kier molecular flexibility index (Phi) is 3.86. The van der Waals surface area contributed by atoms with Crippen molar-refractivity contribution in [1.29, 1.82) is 0 Å². The number of nitrogens with one attached hydrogen (secondary N) is 1. The molecule has 0 amide bonds. The van der Waals surface area contributed by atoms with E-state index in [0.29, 0.717) is 17.8 Å². The van der Waals surface area contributed by atoms with Crippen LogP contribution in [0.5, 0.6) is 0 Å². The van der Waals surface area contributed by atoms with Gasteiger partial charge in [0.05, 0.1) is 11.4 Å². The van der Waals surface area contributed by atoms with E-state index in [0.717, 1.165) is 11.4 Å². The number of nitrogens with zero attached hydrogens (tertiary/aromatic N) is 2. The van der Waals surface area contributed by atoms with Crippen LogP contribution >= 0.6 is 0 Å². The van der Waals surface area contributed by atoms with Crippen LogP contribution in [0.3, 0.4) is 0 Å². The van der Waals surface area contributed by atoms with Gasteiger partial charge in [-0.25, -0.2) is 13.1 Å². The van der Waals surface area contributed by atoms with Crippen molar-refractivity contribution in [2.45, 2.75) is 30.7 Å². The zero-order valence-electron chi connectivity index (χ0n) is 10.6. The highest BCUT2D eigenvalue weighted by molar-refractivity contribution is 7.89. The molecule has 0 aliphatic carbocycles. The largest absolute Gasteiger partial charge is 0.396 e. The molecule has 0 atom stereocenters. The smallest absolute Gasteiger partial charge is 0.243 e. The first-order chi connectivity index (χ1) is 8.86. The number of hydrogen-bond acceptors (Lipinski definition) is 5. The average molecular weight is 301 g/mol. The molecule has 2 rings (SSSR count). The first kappa shape index (κ1) is 14.3. The molecular weight excluding hydrogens is 286 g/mol. The predicted octanol–water partition coefficient (Wildman–Crippen LogP) is 1.85. The summed E-state index contributed by atoms with van der Waals surface area (Å²) in [4.78, 5) is 0.116. The van der Waals surface area contributed by atoms with Crippen molar-refractivity contribution in [3.63, 3.8) is 0 Å². The van der Waals surface area contributed by atoms with E-state index in [1.54, 1.807) is 26.0 Å². The summed E-state index contributed by atoms with van der Waals surface area (Å²) in [6, 6.07) is 4.86. The summed E-state index contributed by atoms with van der Waals surface area (Å²) < 4.78 is 35.4. The number of aliphatic hydroxyl groups is 1. The fraction of sp³-hybridized carbons (Fsp3) is 0.455. The third-order valence-corrected chi connectivity index (χ3v) is 4.96. The summed E-state index contributed by atoms with van der Waals surface area (Å²) in [7, 11) is -3.69. The molecule has 0 saturated carbocycles. The molecule has 0 radical (unpaired) electrons. The Bertz CT molecular complexity index is 662. The molecule has 0 saturated heterocycles. The SMILES string of the molecule is CC(C)(CCO)NS(=O)(=O)c1cccc2c1N=S=N2. The Morgan fingerprint density at radius 2 is 2.11 bits per heavy atom. The van der Waals surface area contributed by atoms with Gasteiger partial charge in [-0.2, -0.15) is 8.73 Å². The molecule has 1 aromatic rings. The number of hydrogen-bond donors (Lipinski definition) is 2. The molecule has 1 aliphatic rings. The van der Waals surface area contributed by atoms with Crippen molar-refractivity contribution in [1.82, 2.24) is 4.72 Å². The van der Waals surface area contributed by atoms with Crippen LogP contribution in [0.1, 0.15) is 20.3 Å². The van der Waals surface area contributed by atoms with Crippen LogP contribution in [-0.4, -0.2) is 25.7 Å². The molecule has 0 fully saturated rings. The summed E-state index contributed by atoms with van der Waals surface area (Å²) in [5.74, 6) is 0. The first-order valence-electron chi connectivity index (χ1n) is 5.72. The second-order valence-electron chi connectivity index (χ2n) is 4.85. The van der Waals surface area contributed by atoms with Gasteiger partial charge in [0, 0.05) is 12.1 Å². The van der Waals surface area contributed by atoms with Crippen LogP contribution in [0.15, 0.2) is 31.8 Å². The molecule has 0 unspecified atom stereocenters. The zero-order chi connectivity index (χ0) is 14.1. The molecular formula is C11H15N3O3S2. The minimum absolute atomic E-state index is 0.0853. The van der Waals surface area contributed by atoms with E-state index >= 15 is 0 Å². The quantitative estimate of drug-likeness (QED) is 0.883. The number of benzene rings is 1. The van der Waals surface area contributed by atoms with Gasteiger partial charge in [0.1, 0.15) is 16.3 Å². The summed E-state index contributed by atoms with van der Waals surface area (Å²) in [6.07, 6.45) is 0.331. The predicted molar refractivity (Wildman–Crippen MR) is 74.1 cm³/mol. The monoisotopic (exact) mass is 301 g/mol. The number of sulfonamides is 1. The maximum absolute atomic E-state index is 12.4. The van der Waals surface area contributed by atoms with Gasteiger partial charge in [0.15, 0.2) is 0 Å². The lowest BCUT2D eigenvalue weighted by molar-refractivity contribution is 0.246. The molecule has 104 valence electrons. The number of aliphatic hydroxyl groups excluding tert-OH is 1. The Labute approximate surface area is 115 Å². The second-order valence-corrected chi connectivity index (χ2v) is 7.03. The van der Waals surface area contributed by atoms with E-state index in [4.69, 9.17) is 5.11 Å². The topological polar surface area (TPSA) is 91.1 Å². The van der Waals surface area contributed by atoms with E-state index in [1.807, 2.05) is 0 Å². The van der Waals surface area contributed by atoms with Crippen molar-refractivity contribution in [3.8, 4) is 0 Å². The van der Waals surface area contributed by atoms with Crippen molar-refractivity contribution >= 4 is 32.8 Å². The van der Waals surface area contributed by atoms with E-state index in [1.165, 1.54) is 6.07 Å². The summed E-state index contributed by atoms with van der Waals surface area (Å²) in [5.41, 5.74) is 0.215. The molecule has 6 nitrogen and oxygen atoms in total. The van der Waals surface area contributed by atoms with Gasteiger partial charge < -0.3 is 5.11 Å². The molecule has 19 heavy (non-hydrogen) atoms. The van der Waals surface area contributed by atoms with Crippen molar-refractivity contribution in [2.75, 3.05) is 6.61 Å². The highest BCUT2D eigenvalue weighted by atomic mass is 32.2. The minimum Gasteiger partial charge on any atom is -0.396 e. The third-order valence-electron chi connectivity index (χ3n) is 2.69. The molecule has 1 aliphatic heterocycles. The van der Waals surface area contributed by atoms with Gasteiger partial charge in [-0.15, -0.1) is 0 Å².